The van der Waals surface area contributed by atoms with Gasteiger partial charge in [0, 0.05) is 29.0 Å². The summed E-state index contributed by atoms with van der Waals surface area (Å²) in [6.45, 7) is 2.26. The second-order valence-electron chi connectivity index (χ2n) is 5.51. The van der Waals surface area contributed by atoms with Crippen molar-refractivity contribution < 1.29 is 4.79 Å². The molecule has 3 aromatic rings. The van der Waals surface area contributed by atoms with Gasteiger partial charge in [0.05, 0.1) is 6.54 Å². The minimum absolute atomic E-state index is 0.264. The maximum atomic E-state index is 12.3. The number of aromatic nitrogens is 4. The molecule has 0 saturated carbocycles. The molecule has 0 unspecified atom stereocenters. The molecule has 0 saturated heterocycles. The fourth-order valence-electron chi connectivity index (χ4n) is 2.23. The minimum Gasteiger partial charge on any atom is -0.302 e. The van der Waals surface area contributed by atoms with Crippen LogP contribution in [0.4, 0.5) is 5.82 Å². The molecule has 3 rings (SSSR count). The Hall–Kier alpha value is -2.02. The Labute approximate surface area is 159 Å². The van der Waals surface area contributed by atoms with E-state index >= 15 is 0 Å². The van der Waals surface area contributed by atoms with Crippen LogP contribution < -0.4 is 5.32 Å². The van der Waals surface area contributed by atoms with Crippen molar-refractivity contribution in [2.24, 2.45) is 7.05 Å². The van der Waals surface area contributed by atoms with E-state index in [-0.39, 0.29) is 11.7 Å². The fraction of sp³-hybridized carbons (Fsp3) is 0.188. The summed E-state index contributed by atoms with van der Waals surface area (Å²) in [6.07, 6.45) is 1.62. The number of aryl methyl sites for hydroxylation is 2. The molecule has 1 amide bonds. The van der Waals surface area contributed by atoms with Crippen LogP contribution in [-0.4, -0.2) is 25.5 Å². The van der Waals surface area contributed by atoms with Crippen molar-refractivity contribution in [2.45, 2.75) is 13.5 Å². The zero-order chi connectivity index (χ0) is 18.1. The molecular weight excluding hydrogens is 385 g/mol. The minimum atomic E-state index is -0.375. The second-order valence-corrected chi connectivity index (χ2v) is 6.76. The number of carbonyl (C=O) groups excluding carboxylic acids is 1. The predicted molar refractivity (Wildman–Crippen MR) is 98.7 cm³/mol. The average Bonchev–Trinajstić information content (AvgIpc) is 3.05. The van der Waals surface area contributed by atoms with Gasteiger partial charge in [0.2, 0.25) is 0 Å². The van der Waals surface area contributed by atoms with Crippen LogP contribution >= 0.6 is 34.8 Å². The number of hydrogen-bond acceptors (Lipinski definition) is 3. The third-order valence-corrected chi connectivity index (χ3v) is 4.51. The van der Waals surface area contributed by atoms with Crippen molar-refractivity contribution in [1.29, 1.82) is 0 Å². The van der Waals surface area contributed by atoms with Gasteiger partial charge < -0.3 is 5.32 Å². The molecule has 0 aliphatic rings. The van der Waals surface area contributed by atoms with Gasteiger partial charge in [0.25, 0.3) is 5.91 Å². The first-order valence-corrected chi connectivity index (χ1v) is 8.46. The lowest BCUT2D eigenvalue weighted by Crippen LogP contribution is -2.14. The van der Waals surface area contributed by atoms with E-state index in [0.717, 1.165) is 11.3 Å². The van der Waals surface area contributed by atoms with Crippen molar-refractivity contribution in [3.8, 4) is 0 Å². The molecule has 130 valence electrons. The third-order valence-electron chi connectivity index (χ3n) is 3.64. The maximum absolute atomic E-state index is 12.3. The Bertz CT molecular complexity index is 928. The number of amides is 1. The number of nitrogens with zero attached hydrogens (tertiary/aromatic N) is 4. The van der Waals surface area contributed by atoms with Crippen molar-refractivity contribution in [3.63, 3.8) is 0 Å². The molecule has 0 bridgehead atoms. The summed E-state index contributed by atoms with van der Waals surface area (Å²) in [5, 5.41) is 12.5. The Morgan fingerprint density at radius 2 is 1.92 bits per heavy atom. The summed E-state index contributed by atoms with van der Waals surface area (Å²) in [7, 11) is 1.77. The summed E-state index contributed by atoms with van der Waals surface area (Å²) in [5.41, 5.74) is 2.01. The highest BCUT2D eigenvalue weighted by atomic mass is 35.5. The molecule has 2 aromatic heterocycles. The van der Waals surface area contributed by atoms with E-state index in [0.29, 0.717) is 27.3 Å². The molecule has 9 heteroatoms. The fourth-order valence-corrected chi connectivity index (χ4v) is 2.90. The van der Waals surface area contributed by atoms with Gasteiger partial charge in [-0.05, 0) is 30.7 Å². The highest BCUT2D eigenvalue weighted by Crippen LogP contribution is 2.24. The maximum Gasteiger partial charge on any atom is 0.277 e. The number of carbonyl (C=O) groups is 1. The van der Waals surface area contributed by atoms with Gasteiger partial charge in [-0.2, -0.15) is 10.2 Å². The van der Waals surface area contributed by atoms with Crippen molar-refractivity contribution in [2.75, 3.05) is 5.32 Å². The Morgan fingerprint density at radius 3 is 2.56 bits per heavy atom. The molecule has 2 heterocycles. The van der Waals surface area contributed by atoms with Crippen LogP contribution in [-0.2, 0) is 13.6 Å². The Morgan fingerprint density at radius 1 is 1.16 bits per heavy atom. The average molecular weight is 399 g/mol. The van der Waals surface area contributed by atoms with Gasteiger partial charge in [-0.25, -0.2) is 0 Å². The molecule has 25 heavy (non-hydrogen) atoms. The van der Waals surface area contributed by atoms with Crippen LogP contribution in [0.15, 0.2) is 30.5 Å². The van der Waals surface area contributed by atoms with E-state index < -0.39 is 0 Å². The normalized spacial score (nSPS) is 10.9. The first-order chi connectivity index (χ1) is 11.8. The van der Waals surface area contributed by atoms with Gasteiger partial charge in [-0.15, -0.1) is 0 Å². The molecule has 0 aliphatic carbocycles. The summed E-state index contributed by atoms with van der Waals surface area (Å²) in [5.74, 6) is -0.111. The number of rotatable bonds is 4. The van der Waals surface area contributed by atoms with Crippen molar-refractivity contribution in [1.82, 2.24) is 19.6 Å². The number of anilines is 1. The van der Waals surface area contributed by atoms with Crippen LogP contribution in [0.5, 0.6) is 0 Å². The lowest BCUT2D eigenvalue weighted by atomic mass is 10.2. The van der Waals surface area contributed by atoms with Gasteiger partial charge in [0.1, 0.15) is 5.02 Å². The Kier molecular flexibility index (Phi) is 5.03. The lowest BCUT2D eigenvalue weighted by Gasteiger charge is -2.05. The SMILES string of the molecule is Cc1cc(C(=O)Nc2nn(Cc3ccc(Cl)cc3Cl)cc2Cl)nn1C. The van der Waals surface area contributed by atoms with Crippen LogP contribution in [0.1, 0.15) is 21.7 Å². The third kappa shape index (κ3) is 3.98. The number of hydrogen-bond donors (Lipinski definition) is 1. The first-order valence-electron chi connectivity index (χ1n) is 7.32. The van der Waals surface area contributed by atoms with Crippen LogP contribution in [0.25, 0.3) is 0 Å². The monoisotopic (exact) mass is 397 g/mol. The highest BCUT2D eigenvalue weighted by molar-refractivity contribution is 6.35. The molecule has 0 atom stereocenters. The Balaban J connectivity index is 1.77. The number of benzene rings is 1. The van der Waals surface area contributed by atoms with Crippen LogP contribution in [0.2, 0.25) is 15.1 Å². The molecule has 6 nitrogen and oxygen atoms in total. The van der Waals surface area contributed by atoms with Crippen molar-refractivity contribution in [3.05, 3.63) is 62.5 Å². The number of nitrogens with one attached hydrogen (secondary N) is 1. The quantitative estimate of drug-likeness (QED) is 0.717. The van der Waals surface area contributed by atoms with Crippen LogP contribution in [0.3, 0.4) is 0 Å². The summed E-state index contributed by atoms with van der Waals surface area (Å²) in [4.78, 5) is 12.3. The highest BCUT2D eigenvalue weighted by Gasteiger charge is 2.16. The van der Waals surface area contributed by atoms with E-state index in [1.165, 1.54) is 0 Å². The zero-order valence-corrected chi connectivity index (χ0v) is 15.7. The molecule has 0 aliphatic heterocycles. The predicted octanol–water partition coefficient (Wildman–Crippen LogP) is 4.19. The van der Waals surface area contributed by atoms with E-state index in [1.54, 1.807) is 40.8 Å². The summed E-state index contributed by atoms with van der Waals surface area (Å²) in [6, 6.07) is 6.92. The molecule has 0 spiro atoms. The van der Waals surface area contributed by atoms with Gasteiger partial charge >= 0.3 is 0 Å². The second kappa shape index (κ2) is 7.07. The van der Waals surface area contributed by atoms with E-state index in [9.17, 15) is 4.79 Å². The summed E-state index contributed by atoms with van der Waals surface area (Å²) >= 11 is 18.2. The van der Waals surface area contributed by atoms with Crippen molar-refractivity contribution >= 4 is 46.5 Å². The smallest absolute Gasteiger partial charge is 0.277 e. The molecule has 0 fully saturated rings. The molecule has 0 radical (unpaired) electrons. The van der Waals surface area contributed by atoms with Gasteiger partial charge in [0.15, 0.2) is 11.5 Å². The topological polar surface area (TPSA) is 64.7 Å². The first kappa shape index (κ1) is 17.8. The van der Waals surface area contributed by atoms with E-state index in [2.05, 4.69) is 15.5 Å². The molecule has 1 N–H and O–H groups in total. The largest absolute Gasteiger partial charge is 0.302 e. The van der Waals surface area contributed by atoms with Crippen LogP contribution in [0, 0.1) is 6.92 Å². The zero-order valence-electron chi connectivity index (χ0n) is 13.4. The lowest BCUT2D eigenvalue weighted by molar-refractivity contribution is 0.102. The van der Waals surface area contributed by atoms with E-state index in [4.69, 9.17) is 34.8 Å². The number of halogens is 3. The summed E-state index contributed by atoms with van der Waals surface area (Å²) < 4.78 is 3.22. The molecular formula is C16H14Cl3N5O. The van der Waals surface area contributed by atoms with E-state index in [1.807, 2.05) is 13.0 Å². The standard InChI is InChI=1S/C16H14Cl3N5O/c1-9-5-14(21-23(9)2)16(25)20-15-13(19)8-24(22-15)7-10-3-4-11(17)6-12(10)18/h3-6,8H,7H2,1-2H3,(H,20,22,25). The van der Waals surface area contributed by atoms with Gasteiger partial charge in [-0.3, -0.25) is 14.2 Å². The van der Waals surface area contributed by atoms with Gasteiger partial charge in [-0.1, -0.05) is 40.9 Å². The molecule has 1 aromatic carbocycles.